The van der Waals surface area contributed by atoms with Gasteiger partial charge in [-0.3, -0.25) is 0 Å². The number of thiophene rings is 1. The molecule has 1 heterocycles. The molecule has 0 atom stereocenters. The normalized spacial score (nSPS) is 8.00. The van der Waals surface area contributed by atoms with E-state index in [1.165, 1.54) is 5.56 Å². The Morgan fingerprint density at radius 1 is 1.67 bits per heavy atom. The number of aliphatic hydroxyl groups excluding tert-OH is 1. The van der Waals surface area contributed by atoms with E-state index in [0.29, 0.717) is 6.42 Å². The highest BCUT2D eigenvalue weighted by Gasteiger charge is 1.85. The lowest BCUT2D eigenvalue weighted by Gasteiger charge is -1.79. The van der Waals surface area contributed by atoms with Crippen molar-refractivity contribution in [2.75, 3.05) is 0 Å². The average Bonchev–Trinajstić information content (AvgIpc) is 2.34. The number of hydrogen-bond donors (Lipinski definition) is 1. The first kappa shape index (κ1) is 6.18. The van der Waals surface area contributed by atoms with Crippen LogP contribution in [0.25, 0.3) is 0 Å². The van der Waals surface area contributed by atoms with Crippen LogP contribution in [0.15, 0.2) is 16.8 Å². The molecule has 46 valence electrons. The lowest BCUT2D eigenvalue weighted by atomic mass is 10.3. The second kappa shape index (κ2) is 3.16. The van der Waals surface area contributed by atoms with Crippen molar-refractivity contribution in [1.82, 2.24) is 0 Å². The number of rotatable bonds is 1. The monoisotopic (exact) mass is 138 g/mol. The van der Waals surface area contributed by atoms with Crippen LogP contribution in [0.2, 0.25) is 0 Å². The van der Waals surface area contributed by atoms with Crippen molar-refractivity contribution >= 4 is 11.3 Å². The Bertz CT molecular complexity index is 215. The second-order valence-electron chi connectivity index (χ2n) is 1.60. The van der Waals surface area contributed by atoms with E-state index in [4.69, 9.17) is 5.11 Å². The molecule has 1 nitrogen and oxygen atoms in total. The predicted molar refractivity (Wildman–Crippen MR) is 37.7 cm³/mol. The molecule has 0 aliphatic heterocycles. The fraction of sp³-hybridized carbons (Fsp3) is 0.143. The smallest absolute Gasteiger partial charge is 0.107 e. The Kier molecular flexibility index (Phi) is 2.17. The second-order valence-corrected chi connectivity index (χ2v) is 2.38. The average molecular weight is 138 g/mol. The van der Waals surface area contributed by atoms with Gasteiger partial charge < -0.3 is 5.11 Å². The van der Waals surface area contributed by atoms with Crippen molar-refractivity contribution in [3.8, 4) is 12.0 Å². The van der Waals surface area contributed by atoms with Crippen LogP contribution in [0.4, 0.5) is 0 Å². The van der Waals surface area contributed by atoms with Gasteiger partial charge in [0, 0.05) is 6.42 Å². The maximum Gasteiger partial charge on any atom is 0.107 e. The zero-order valence-corrected chi connectivity index (χ0v) is 5.61. The molecular weight excluding hydrogens is 132 g/mol. The minimum atomic E-state index is 0.653. The van der Waals surface area contributed by atoms with E-state index in [2.05, 4.69) is 5.92 Å². The highest BCUT2D eigenvalue weighted by atomic mass is 32.1. The van der Waals surface area contributed by atoms with E-state index < -0.39 is 0 Å². The molecule has 0 amide bonds. The molecule has 1 aromatic rings. The molecule has 0 saturated heterocycles. The molecule has 0 spiro atoms. The Hall–Kier alpha value is -0.940. The molecule has 1 aromatic heterocycles. The fourth-order valence-electron chi connectivity index (χ4n) is 0.535. The van der Waals surface area contributed by atoms with E-state index in [1.807, 2.05) is 22.9 Å². The predicted octanol–water partition coefficient (Wildman–Crippen LogP) is 1.62. The van der Waals surface area contributed by atoms with Gasteiger partial charge in [-0.05, 0) is 22.4 Å². The number of aliphatic hydroxyl groups is 1. The third kappa shape index (κ3) is 1.79. The summed E-state index contributed by atoms with van der Waals surface area (Å²) in [5.41, 5.74) is 1.17. The standard InChI is InChI=1S/C7H6OS/c8-4-1-2-7-3-5-9-6-7/h3,5-6,8H,2H2. The summed E-state index contributed by atoms with van der Waals surface area (Å²) in [6.07, 6.45) is 2.51. The summed E-state index contributed by atoms with van der Waals surface area (Å²) in [4.78, 5) is 0. The first-order chi connectivity index (χ1) is 4.43. The summed E-state index contributed by atoms with van der Waals surface area (Å²) in [7, 11) is 0. The Labute approximate surface area is 58.0 Å². The first-order valence-electron chi connectivity index (χ1n) is 2.56. The Morgan fingerprint density at radius 3 is 3.11 bits per heavy atom. The van der Waals surface area contributed by atoms with Gasteiger partial charge in [0.2, 0.25) is 0 Å². The van der Waals surface area contributed by atoms with Gasteiger partial charge in [-0.1, -0.05) is 5.92 Å². The lowest BCUT2D eigenvalue weighted by molar-refractivity contribution is 0.516. The lowest BCUT2D eigenvalue weighted by Crippen LogP contribution is -1.72. The highest BCUT2D eigenvalue weighted by molar-refractivity contribution is 7.07. The van der Waals surface area contributed by atoms with Crippen LogP contribution >= 0.6 is 11.3 Å². The van der Waals surface area contributed by atoms with Crippen molar-refractivity contribution < 1.29 is 5.11 Å². The SMILES string of the molecule is OC#CCc1ccsc1. The molecule has 0 aliphatic carbocycles. The minimum absolute atomic E-state index is 0.653. The molecule has 0 unspecified atom stereocenters. The van der Waals surface area contributed by atoms with Crippen molar-refractivity contribution in [3.05, 3.63) is 22.4 Å². The molecule has 2 heteroatoms. The molecular formula is C7H6OS. The summed E-state index contributed by atoms with van der Waals surface area (Å²) in [5, 5.41) is 12.1. The summed E-state index contributed by atoms with van der Waals surface area (Å²) in [5.74, 6) is 2.56. The van der Waals surface area contributed by atoms with Gasteiger partial charge >= 0.3 is 0 Å². The maximum atomic E-state index is 8.11. The molecule has 0 aromatic carbocycles. The fourth-order valence-corrected chi connectivity index (χ4v) is 1.20. The molecule has 1 rings (SSSR count). The van der Waals surface area contributed by atoms with Gasteiger partial charge in [-0.25, -0.2) is 0 Å². The first-order valence-corrected chi connectivity index (χ1v) is 3.51. The number of hydrogen-bond acceptors (Lipinski definition) is 2. The molecule has 0 saturated carbocycles. The van der Waals surface area contributed by atoms with Crippen molar-refractivity contribution in [2.24, 2.45) is 0 Å². The summed E-state index contributed by atoms with van der Waals surface area (Å²) in [6, 6.07) is 2.00. The largest absolute Gasteiger partial charge is 0.462 e. The van der Waals surface area contributed by atoms with Crippen molar-refractivity contribution in [3.63, 3.8) is 0 Å². The zero-order chi connectivity index (χ0) is 6.53. The van der Waals surface area contributed by atoms with Crippen LogP contribution in [-0.4, -0.2) is 5.11 Å². The van der Waals surface area contributed by atoms with E-state index >= 15 is 0 Å². The zero-order valence-electron chi connectivity index (χ0n) is 4.79. The molecule has 0 radical (unpaired) electrons. The van der Waals surface area contributed by atoms with Crippen LogP contribution in [0.5, 0.6) is 0 Å². The Morgan fingerprint density at radius 2 is 2.56 bits per heavy atom. The topological polar surface area (TPSA) is 20.2 Å². The van der Waals surface area contributed by atoms with E-state index in [1.54, 1.807) is 11.3 Å². The Balaban J connectivity index is 2.54. The van der Waals surface area contributed by atoms with Gasteiger partial charge in [0.25, 0.3) is 0 Å². The van der Waals surface area contributed by atoms with Gasteiger partial charge in [-0.15, -0.1) is 0 Å². The highest BCUT2D eigenvalue weighted by Crippen LogP contribution is 2.05. The molecule has 1 N–H and O–H groups in total. The minimum Gasteiger partial charge on any atom is -0.462 e. The van der Waals surface area contributed by atoms with Gasteiger partial charge in [0.1, 0.15) is 6.11 Å². The van der Waals surface area contributed by atoms with Gasteiger partial charge in [0.05, 0.1) is 0 Å². The summed E-state index contributed by atoms with van der Waals surface area (Å²) in [6.45, 7) is 0. The quantitative estimate of drug-likeness (QED) is 0.585. The van der Waals surface area contributed by atoms with Crippen LogP contribution in [0.1, 0.15) is 5.56 Å². The third-order valence-corrected chi connectivity index (χ3v) is 1.68. The molecule has 0 aliphatic rings. The van der Waals surface area contributed by atoms with Crippen molar-refractivity contribution in [1.29, 1.82) is 0 Å². The summed E-state index contributed by atoms with van der Waals surface area (Å²) >= 11 is 1.64. The van der Waals surface area contributed by atoms with Gasteiger partial charge in [-0.2, -0.15) is 11.3 Å². The molecule has 0 bridgehead atoms. The van der Waals surface area contributed by atoms with E-state index in [-0.39, 0.29) is 0 Å². The van der Waals surface area contributed by atoms with Crippen LogP contribution in [0.3, 0.4) is 0 Å². The summed E-state index contributed by atoms with van der Waals surface area (Å²) < 4.78 is 0. The van der Waals surface area contributed by atoms with Crippen molar-refractivity contribution in [2.45, 2.75) is 6.42 Å². The van der Waals surface area contributed by atoms with Crippen LogP contribution in [0, 0.1) is 12.0 Å². The van der Waals surface area contributed by atoms with Crippen LogP contribution in [-0.2, 0) is 6.42 Å². The van der Waals surface area contributed by atoms with E-state index in [0.717, 1.165) is 0 Å². The van der Waals surface area contributed by atoms with Crippen LogP contribution < -0.4 is 0 Å². The molecule has 0 fully saturated rings. The third-order valence-electron chi connectivity index (χ3n) is 0.952. The molecule has 9 heavy (non-hydrogen) atoms. The van der Waals surface area contributed by atoms with Gasteiger partial charge in [0.15, 0.2) is 0 Å². The van der Waals surface area contributed by atoms with E-state index in [9.17, 15) is 0 Å². The maximum absolute atomic E-state index is 8.11.